The molecule has 1 aliphatic heterocycles. The average Bonchev–Trinajstić information content (AvgIpc) is 3.99. The van der Waals surface area contributed by atoms with Crippen LogP contribution in [0, 0.1) is 23.0 Å². The molecule has 2 heterocycles. The van der Waals surface area contributed by atoms with Crippen LogP contribution in [-0.4, -0.2) is 113 Å². The summed E-state index contributed by atoms with van der Waals surface area (Å²) in [5.41, 5.74) is 6.92. The fraction of sp³-hybridized carbons (Fsp3) is 0.439. The number of halogens is 3. The Hall–Kier alpha value is -8.17. The van der Waals surface area contributed by atoms with Gasteiger partial charge in [0, 0.05) is 68.9 Å². The monoisotopic (exact) mass is 1100 g/mol. The zero-order valence-electron chi connectivity index (χ0n) is 45.7. The molecule has 0 spiro atoms. The van der Waals surface area contributed by atoms with E-state index in [0.717, 1.165) is 23.8 Å². The first kappa shape index (κ1) is 61.7. The predicted octanol–water partition coefficient (Wildman–Crippen LogP) is 7.74. The molecule has 4 atom stereocenters. The lowest BCUT2D eigenvalue weighted by Gasteiger charge is -2.40. The Morgan fingerprint density at radius 2 is 1.58 bits per heavy atom. The number of amides is 9. The third-order valence-corrected chi connectivity index (χ3v) is 13.1. The van der Waals surface area contributed by atoms with Gasteiger partial charge in [0.25, 0.3) is 5.91 Å². The number of alkyl carbamates (subject to hydrolysis) is 1. The summed E-state index contributed by atoms with van der Waals surface area (Å²) < 4.78 is 51.6. The number of nitrogens with one attached hydrogen (secondary N) is 6. The maximum Gasteiger partial charge on any atom is 0.407 e. The summed E-state index contributed by atoms with van der Waals surface area (Å²) in [5.74, 6) is -2.95. The number of ether oxygens (including phenoxy) is 1. The normalized spacial score (nSPS) is 13.8. The molecular formula is C57H74F3N11O8. The number of alkyl halides is 1. The highest BCUT2D eigenvalue weighted by Gasteiger charge is 2.39. The van der Waals surface area contributed by atoms with Gasteiger partial charge in [-0.1, -0.05) is 90.1 Å². The number of aromatic nitrogens is 2. The predicted molar refractivity (Wildman–Crippen MR) is 293 cm³/mol. The largest absolute Gasteiger partial charge is 0.445 e. The summed E-state index contributed by atoms with van der Waals surface area (Å²) in [5, 5.41) is 16.0. The minimum absolute atomic E-state index is 0.0543. The van der Waals surface area contributed by atoms with Crippen molar-refractivity contribution >= 4 is 47.5 Å². The second-order valence-corrected chi connectivity index (χ2v) is 20.7. The van der Waals surface area contributed by atoms with Gasteiger partial charge in [0.1, 0.15) is 42.8 Å². The van der Waals surface area contributed by atoms with Crippen molar-refractivity contribution in [2.45, 2.75) is 117 Å². The summed E-state index contributed by atoms with van der Waals surface area (Å²) in [6, 6.07) is 13.5. The van der Waals surface area contributed by atoms with E-state index >= 15 is 4.39 Å². The van der Waals surface area contributed by atoms with E-state index in [1.165, 1.54) is 18.0 Å². The smallest absolute Gasteiger partial charge is 0.407 e. The van der Waals surface area contributed by atoms with Gasteiger partial charge < -0.3 is 56.7 Å². The maximum absolute atomic E-state index is 15.2. The van der Waals surface area contributed by atoms with Crippen molar-refractivity contribution in [2.75, 3.05) is 38.7 Å². The molecule has 0 radical (unpaired) electrons. The molecule has 0 saturated heterocycles. The molecule has 0 unspecified atom stereocenters. The zero-order chi connectivity index (χ0) is 57.8. The van der Waals surface area contributed by atoms with Crippen LogP contribution in [0.1, 0.15) is 103 Å². The lowest BCUT2D eigenvalue weighted by atomic mass is 9.84. The van der Waals surface area contributed by atoms with Crippen LogP contribution in [0.4, 0.5) is 33.2 Å². The quantitative estimate of drug-likeness (QED) is 0.0274. The molecule has 1 aromatic heterocycles. The zero-order valence-corrected chi connectivity index (χ0v) is 45.7. The first-order valence-electron chi connectivity index (χ1n) is 26.3. The lowest BCUT2D eigenvalue weighted by molar-refractivity contribution is -0.132. The van der Waals surface area contributed by atoms with Crippen molar-refractivity contribution in [3.8, 4) is 11.3 Å². The van der Waals surface area contributed by atoms with E-state index in [0.29, 0.717) is 48.6 Å². The van der Waals surface area contributed by atoms with Crippen molar-refractivity contribution in [2.24, 2.45) is 17.1 Å². The van der Waals surface area contributed by atoms with E-state index in [4.69, 9.17) is 15.5 Å². The molecule has 0 fully saturated rings. The number of nitrogens with two attached hydrogens (primary N) is 1. The molecule has 0 aliphatic carbocycles. The van der Waals surface area contributed by atoms with E-state index in [9.17, 15) is 42.3 Å². The topological polar surface area (TPSA) is 251 Å². The summed E-state index contributed by atoms with van der Waals surface area (Å²) in [4.78, 5) is 98.4. The third-order valence-electron chi connectivity index (χ3n) is 13.1. The van der Waals surface area contributed by atoms with E-state index in [1.54, 1.807) is 59.9 Å². The van der Waals surface area contributed by atoms with Crippen LogP contribution in [0.3, 0.4) is 0 Å². The number of urea groups is 2. The number of primary amides is 1. The van der Waals surface area contributed by atoms with Crippen LogP contribution in [0.15, 0.2) is 103 Å². The highest BCUT2D eigenvalue weighted by Crippen LogP contribution is 2.40. The van der Waals surface area contributed by atoms with Crippen LogP contribution < -0.4 is 37.6 Å². The number of carbonyl (C=O) groups is 7. The number of carbonyl (C=O) groups excluding carboxylic acids is 7. The Kier molecular flexibility index (Phi) is 23.1. The Bertz CT molecular complexity index is 2770. The number of hydrogen-bond donors (Lipinski definition) is 7. The van der Waals surface area contributed by atoms with Gasteiger partial charge in [0.15, 0.2) is 0 Å². The van der Waals surface area contributed by atoms with E-state index in [-0.39, 0.29) is 80.9 Å². The number of benzene rings is 3. The van der Waals surface area contributed by atoms with Gasteiger partial charge in [-0.05, 0) is 91.0 Å². The molecule has 4 aromatic rings. The Labute approximate surface area is 459 Å². The molecule has 22 heteroatoms. The van der Waals surface area contributed by atoms with Crippen molar-refractivity contribution in [1.29, 1.82) is 0 Å². The summed E-state index contributed by atoms with van der Waals surface area (Å²) in [6.45, 7) is 12.6. The third kappa shape index (κ3) is 18.8. The molecule has 9 amide bonds. The summed E-state index contributed by atoms with van der Waals surface area (Å²) in [7, 11) is 1.45. The van der Waals surface area contributed by atoms with E-state index in [2.05, 4.69) is 38.5 Å². The standard InChI is InChI=1S/C57H74F3N11O8/c1-36(2)49(68-47(72)18-12-9-13-29-70-37(3)19-26-48(70)73)53(75)67-45(17-14-28-63-54(61)76)52(74)64-41-23-20-39(21-24-41)35-79-56(78)65-42(32-58)27-30-71(55(77)62-7)50(57(4,5)6)51-66-46(43-31-40(59)22-25-44(43)60)34-69(51)33-38-15-10-8-11-16-38/h8,10-11,15-16,19-26,31,34,36,42,45,49-50H,3,9,12-14,17-18,27-30,32-33,35H2,1-2,4-7H3,(H,62,77)(H,64,74)(H,65,78)(H,67,75)(H,68,72)(H3,61,63,76)/t42-,45+,49+,50+/m1/s1. The molecule has 426 valence electrons. The lowest BCUT2D eigenvalue weighted by Crippen LogP contribution is -2.54. The number of unbranched alkanes of at least 4 members (excludes halogenated alkanes) is 2. The van der Waals surface area contributed by atoms with Gasteiger partial charge in [-0.15, -0.1) is 0 Å². The number of allylic oxidation sites excluding steroid dienone is 1. The summed E-state index contributed by atoms with van der Waals surface area (Å²) in [6.07, 6.45) is 6.10. The fourth-order valence-corrected chi connectivity index (χ4v) is 8.92. The molecule has 3 aromatic carbocycles. The number of rotatable bonds is 28. The van der Waals surface area contributed by atoms with Gasteiger partial charge in [-0.2, -0.15) is 0 Å². The molecule has 79 heavy (non-hydrogen) atoms. The minimum Gasteiger partial charge on any atom is -0.445 e. The van der Waals surface area contributed by atoms with Gasteiger partial charge >= 0.3 is 18.2 Å². The van der Waals surface area contributed by atoms with Gasteiger partial charge in [0.05, 0.1) is 17.8 Å². The van der Waals surface area contributed by atoms with Crippen molar-refractivity contribution in [3.05, 3.63) is 132 Å². The first-order chi connectivity index (χ1) is 37.6. The minimum atomic E-state index is -1.10. The highest BCUT2D eigenvalue weighted by atomic mass is 19.1. The van der Waals surface area contributed by atoms with Gasteiger partial charge in [-0.3, -0.25) is 19.2 Å². The van der Waals surface area contributed by atoms with Gasteiger partial charge in [-0.25, -0.2) is 32.5 Å². The van der Waals surface area contributed by atoms with Gasteiger partial charge in [0.2, 0.25) is 17.7 Å². The Morgan fingerprint density at radius 3 is 2.22 bits per heavy atom. The molecule has 19 nitrogen and oxygen atoms in total. The number of anilines is 1. The molecular weight excluding hydrogens is 1020 g/mol. The fourth-order valence-electron chi connectivity index (χ4n) is 8.92. The highest BCUT2D eigenvalue weighted by molar-refractivity contribution is 5.98. The maximum atomic E-state index is 15.2. The average molecular weight is 1100 g/mol. The molecule has 8 N–H and O–H groups in total. The Balaban J connectivity index is 1.18. The van der Waals surface area contributed by atoms with Crippen molar-refractivity contribution in [3.63, 3.8) is 0 Å². The number of hydrogen-bond acceptors (Lipinski definition) is 9. The molecule has 1 aliphatic rings. The van der Waals surface area contributed by atoms with E-state index in [1.807, 2.05) is 51.1 Å². The van der Waals surface area contributed by atoms with Crippen molar-refractivity contribution < 1.29 is 51.5 Å². The second-order valence-electron chi connectivity index (χ2n) is 20.7. The van der Waals surface area contributed by atoms with Crippen LogP contribution in [0.5, 0.6) is 0 Å². The Morgan fingerprint density at radius 1 is 0.861 bits per heavy atom. The van der Waals surface area contributed by atoms with Crippen molar-refractivity contribution in [1.82, 2.24) is 45.9 Å². The SMILES string of the molecule is C=C1C=CC(=O)N1CCCCCC(=O)N[C@H](C(=O)N[C@@H](CCCNC(N)=O)C(=O)Nc1ccc(COC(=O)N[C@@H](CF)CCN(C(=O)NC)[C@@H](c2nc(-c3cc(F)ccc3F)cn2Cc2ccccc2)C(C)(C)C)cc1)C(C)C. The van der Waals surface area contributed by atoms with E-state index < -0.39 is 77.9 Å². The van der Waals surface area contributed by atoms with Crippen LogP contribution in [0.2, 0.25) is 0 Å². The number of imidazole rings is 1. The first-order valence-corrected chi connectivity index (χ1v) is 26.3. The number of nitrogens with zero attached hydrogens (tertiary/aromatic N) is 4. The van der Waals surface area contributed by atoms with Crippen LogP contribution >= 0.6 is 0 Å². The second kappa shape index (κ2) is 29.5. The molecule has 0 saturated carbocycles. The summed E-state index contributed by atoms with van der Waals surface area (Å²) >= 11 is 0. The van der Waals surface area contributed by atoms with Crippen LogP contribution in [0.25, 0.3) is 11.3 Å². The molecule has 0 bridgehead atoms. The van der Waals surface area contributed by atoms with Crippen LogP contribution in [-0.2, 0) is 37.1 Å². The molecule has 5 rings (SSSR count).